The molecular weight excluding hydrogens is 220 g/mol. The van der Waals surface area contributed by atoms with Crippen molar-refractivity contribution >= 4 is 16.0 Å². The fourth-order valence-corrected chi connectivity index (χ4v) is 3.01. The third kappa shape index (κ3) is 4.15. The zero-order valence-corrected chi connectivity index (χ0v) is 9.43. The van der Waals surface area contributed by atoms with Gasteiger partial charge in [-0.15, -0.1) is 0 Å². The summed E-state index contributed by atoms with van der Waals surface area (Å²) in [6, 6.07) is 0. The standard InChI is InChI=1S/C8H16N2O4S/c1-8(2-4-9-5-3-8)10-15(13,14)6-7(11)12/h9-10H,2-6H2,1H3,(H,11,12). The molecule has 0 saturated carbocycles. The first kappa shape index (κ1) is 12.4. The number of sulfonamides is 1. The first-order valence-electron chi connectivity index (χ1n) is 4.77. The van der Waals surface area contributed by atoms with Crippen molar-refractivity contribution in [2.45, 2.75) is 25.3 Å². The molecule has 1 aliphatic heterocycles. The van der Waals surface area contributed by atoms with Gasteiger partial charge in [0.1, 0.15) is 0 Å². The van der Waals surface area contributed by atoms with Crippen LogP contribution in [0.1, 0.15) is 19.8 Å². The molecule has 0 spiro atoms. The Hall–Kier alpha value is -0.660. The Morgan fingerprint density at radius 1 is 1.47 bits per heavy atom. The minimum absolute atomic E-state index is 0.514. The van der Waals surface area contributed by atoms with Crippen LogP contribution in [0.4, 0.5) is 0 Å². The van der Waals surface area contributed by atoms with Gasteiger partial charge in [-0.1, -0.05) is 0 Å². The molecule has 0 unspecified atom stereocenters. The maximum absolute atomic E-state index is 11.4. The molecule has 15 heavy (non-hydrogen) atoms. The number of rotatable bonds is 4. The van der Waals surface area contributed by atoms with Gasteiger partial charge in [0.05, 0.1) is 0 Å². The first-order valence-corrected chi connectivity index (χ1v) is 6.42. The van der Waals surface area contributed by atoms with Gasteiger partial charge >= 0.3 is 5.97 Å². The fourth-order valence-electron chi connectivity index (χ4n) is 1.65. The van der Waals surface area contributed by atoms with E-state index >= 15 is 0 Å². The van der Waals surface area contributed by atoms with E-state index < -0.39 is 27.3 Å². The summed E-state index contributed by atoms with van der Waals surface area (Å²) in [5, 5.41) is 11.5. The van der Waals surface area contributed by atoms with Crippen molar-refractivity contribution < 1.29 is 18.3 Å². The Balaban J connectivity index is 2.62. The van der Waals surface area contributed by atoms with E-state index in [0.717, 1.165) is 13.1 Å². The summed E-state index contributed by atoms with van der Waals surface area (Å²) in [5.41, 5.74) is -0.514. The number of hydrogen-bond donors (Lipinski definition) is 3. The quantitative estimate of drug-likeness (QED) is 0.590. The second-order valence-corrected chi connectivity index (χ2v) is 5.79. The van der Waals surface area contributed by atoms with Gasteiger partial charge in [-0.05, 0) is 32.9 Å². The minimum atomic E-state index is -3.72. The number of piperidine rings is 1. The highest BCUT2D eigenvalue weighted by Crippen LogP contribution is 2.18. The molecule has 0 aromatic carbocycles. The molecule has 1 rings (SSSR count). The maximum atomic E-state index is 11.4. The van der Waals surface area contributed by atoms with Crippen molar-refractivity contribution in [2.75, 3.05) is 18.8 Å². The van der Waals surface area contributed by atoms with E-state index in [4.69, 9.17) is 5.11 Å². The average molecular weight is 236 g/mol. The van der Waals surface area contributed by atoms with E-state index in [2.05, 4.69) is 10.0 Å². The highest BCUT2D eigenvalue weighted by Gasteiger charge is 2.32. The van der Waals surface area contributed by atoms with Crippen LogP contribution in [0, 0.1) is 0 Å². The lowest BCUT2D eigenvalue weighted by Gasteiger charge is -2.34. The van der Waals surface area contributed by atoms with Gasteiger partial charge in [0.15, 0.2) is 5.75 Å². The van der Waals surface area contributed by atoms with Crippen molar-refractivity contribution in [3.8, 4) is 0 Å². The SMILES string of the molecule is CC1(NS(=O)(=O)CC(=O)O)CCNCC1. The normalized spacial score (nSPS) is 21.1. The van der Waals surface area contributed by atoms with Crippen LogP contribution in [-0.4, -0.2) is 43.9 Å². The zero-order chi connectivity index (χ0) is 11.5. The van der Waals surface area contributed by atoms with Crippen molar-refractivity contribution in [1.29, 1.82) is 0 Å². The molecular formula is C8H16N2O4S. The van der Waals surface area contributed by atoms with E-state index in [1.54, 1.807) is 6.92 Å². The molecule has 0 aromatic heterocycles. The summed E-state index contributed by atoms with van der Waals surface area (Å²) in [5.74, 6) is -2.20. The van der Waals surface area contributed by atoms with E-state index in [9.17, 15) is 13.2 Å². The van der Waals surface area contributed by atoms with Crippen LogP contribution in [0.15, 0.2) is 0 Å². The topological polar surface area (TPSA) is 95.5 Å². The van der Waals surface area contributed by atoms with Crippen molar-refractivity contribution in [3.63, 3.8) is 0 Å². The van der Waals surface area contributed by atoms with Crippen LogP contribution in [0.5, 0.6) is 0 Å². The number of aliphatic carboxylic acids is 1. The van der Waals surface area contributed by atoms with Gasteiger partial charge in [-0.3, -0.25) is 4.79 Å². The summed E-state index contributed by atoms with van der Waals surface area (Å²) in [6.45, 7) is 3.28. The van der Waals surface area contributed by atoms with E-state index in [-0.39, 0.29) is 0 Å². The summed E-state index contributed by atoms with van der Waals surface area (Å²) in [6.07, 6.45) is 1.34. The third-order valence-electron chi connectivity index (χ3n) is 2.42. The molecule has 1 fully saturated rings. The lowest BCUT2D eigenvalue weighted by molar-refractivity contribution is -0.134. The number of nitrogens with one attached hydrogen (secondary N) is 2. The molecule has 7 heteroatoms. The zero-order valence-electron chi connectivity index (χ0n) is 8.62. The smallest absolute Gasteiger partial charge is 0.320 e. The number of carboxylic acids is 1. The van der Waals surface area contributed by atoms with Crippen LogP contribution in [0.2, 0.25) is 0 Å². The number of carbonyl (C=O) groups is 1. The Morgan fingerprint density at radius 2 is 2.00 bits per heavy atom. The van der Waals surface area contributed by atoms with Crippen molar-refractivity contribution in [2.24, 2.45) is 0 Å². The van der Waals surface area contributed by atoms with E-state index in [1.807, 2.05) is 0 Å². The van der Waals surface area contributed by atoms with Crippen LogP contribution >= 0.6 is 0 Å². The molecule has 88 valence electrons. The summed E-state index contributed by atoms with van der Waals surface area (Å²) in [7, 11) is -3.72. The van der Waals surface area contributed by atoms with Gasteiger partial charge in [0.2, 0.25) is 10.0 Å². The molecule has 3 N–H and O–H groups in total. The second-order valence-electron chi connectivity index (χ2n) is 4.07. The number of carboxylic acid groups (broad SMARTS) is 1. The Bertz CT molecular complexity index is 333. The average Bonchev–Trinajstić information content (AvgIpc) is 1.99. The monoisotopic (exact) mass is 236 g/mol. The molecule has 0 atom stereocenters. The van der Waals surface area contributed by atoms with E-state index in [0.29, 0.717) is 12.8 Å². The van der Waals surface area contributed by atoms with Crippen LogP contribution < -0.4 is 10.0 Å². The number of hydrogen-bond acceptors (Lipinski definition) is 4. The van der Waals surface area contributed by atoms with Gasteiger partial charge in [-0.25, -0.2) is 13.1 Å². The summed E-state index contributed by atoms with van der Waals surface area (Å²) in [4.78, 5) is 10.3. The lowest BCUT2D eigenvalue weighted by Crippen LogP contribution is -2.53. The molecule has 0 radical (unpaired) electrons. The summed E-state index contributed by atoms with van der Waals surface area (Å²) < 4.78 is 25.3. The predicted molar refractivity (Wildman–Crippen MR) is 55.1 cm³/mol. The lowest BCUT2D eigenvalue weighted by atomic mass is 9.92. The van der Waals surface area contributed by atoms with Crippen LogP contribution in [-0.2, 0) is 14.8 Å². The van der Waals surface area contributed by atoms with Gasteiger partial charge in [0.25, 0.3) is 0 Å². The largest absolute Gasteiger partial charge is 0.480 e. The Kier molecular flexibility index (Phi) is 3.69. The molecule has 1 saturated heterocycles. The molecule has 0 bridgehead atoms. The van der Waals surface area contributed by atoms with Crippen LogP contribution in [0.25, 0.3) is 0 Å². The van der Waals surface area contributed by atoms with Crippen molar-refractivity contribution in [1.82, 2.24) is 10.0 Å². The molecule has 0 amide bonds. The fraction of sp³-hybridized carbons (Fsp3) is 0.875. The Morgan fingerprint density at radius 3 is 2.47 bits per heavy atom. The minimum Gasteiger partial charge on any atom is -0.480 e. The second kappa shape index (κ2) is 4.46. The predicted octanol–water partition coefficient (Wildman–Crippen LogP) is -0.867. The summed E-state index contributed by atoms with van der Waals surface area (Å²) >= 11 is 0. The first-order chi connectivity index (χ1) is 6.83. The van der Waals surface area contributed by atoms with Crippen LogP contribution in [0.3, 0.4) is 0 Å². The molecule has 1 heterocycles. The molecule has 6 nitrogen and oxygen atoms in total. The molecule has 1 aliphatic rings. The molecule has 0 aliphatic carbocycles. The van der Waals surface area contributed by atoms with Gasteiger partial charge in [0, 0.05) is 5.54 Å². The van der Waals surface area contributed by atoms with Gasteiger partial charge < -0.3 is 10.4 Å². The molecule has 0 aromatic rings. The van der Waals surface area contributed by atoms with E-state index in [1.165, 1.54) is 0 Å². The van der Waals surface area contributed by atoms with Crippen molar-refractivity contribution in [3.05, 3.63) is 0 Å². The highest BCUT2D eigenvalue weighted by atomic mass is 32.2. The maximum Gasteiger partial charge on any atom is 0.320 e. The Labute approximate surface area is 89.1 Å². The third-order valence-corrected chi connectivity index (χ3v) is 3.85. The highest BCUT2D eigenvalue weighted by molar-refractivity contribution is 7.90. The van der Waals surface area contributed by atoms with Gasteiger partial charge in [-0.2, -0.15) is 0 Å².